The summed E-state index contributed by atoms with van der Waals surface area (Å²) < 4.78 is 0.123. The molecule has 1 unspecified atom stereocenters. The minimum absolute atomic E-state index is 0. The van der Waals surface area contributed by atoms with E-state index in [0.717, 1.165) is 12.8 Å². The van der Waals surface area contributed by atoms with Crippen LogP contribution in [0.2, 0.25) is 0 Å². The minimum atomic E-state index is 0. The first-order valence-electron chi connectivity index (χ1n) is 10.4. The van der Waals surface area contributed by atoms with E-state index < -0.39 is 0 Å². The highest BCUT2D eigenvalue weighted by Gasteiger charge is 2.39. The third-order valence-corrected chi connectivity index (χ3v) is 5.71. The zero-order valence-corrected chi connectivity index (χ0v) is 18.1. The summed E-state index contributed by atoms with van der Waals surface area (Å²) in [6.45, 7) is 6.83. The van der Waals surface area contributed by atoms with E-state index in [9.17, 15) is 5.21 Å². The van der Waals surface area contributed by atoms with Gasteiger partial charge in [0, 0.05) is 12.8 Å². The van der Waals surface area contributed by atoms with Crippen LogP contribution < -0.4 is 12.4 Å². The van der Waals surface area contributed by atoms with Gasteiger partial charge >= 0.3 is 0 Å². The van der Waals surface area contributed by atoms with E-state index in [2.05, 4.69) is 20.8 Å². The van der Waals surface area contributed by atoms with Crippen molar-refractivity contribution in [2.75, 3.05) is 14.1 Å². The highest BCUT2D eigenvalue weighted by atomic mass is 35.5. The van der Waals surface area contributed by atoms with E-state index in [1.165, 1.54) is 83.5 Å². The van der Waals surface area contributed by atoms with E-state index in [0.29, 0.717) is 0 Å². The van der Waals surface area contributed by atoms with Crippen molar-refractivity contribution in [3.63, 3.8) is 0 Å². The maximum atomic E-state index is 10.6. The predicted molar refractivity (Wildman–Crippen MR) is 103 cm³/mol. The van der Waals surface area contributed by atoms with E-state index >= 15 is 0 Å². The molecule has 0 bridgehead atoms. The second-order valence-corrected chi connectivity index (χ2v) is 8.28. The molecule has 148 valence electrons. The van der Waals surface area contributed by atoms with Crippen LogP contribution in [0.25, 0.3) is 0 Å². The smallest absolute Gasteiger partial charge is 0.126 e. The predicted octanol–water partition coefficient (Wildman–Crippen LogP) is 4.11. The molecule has 0 aromatic heterocycles. The van der Waals surface area contributed by atoms with E-state index in [1.54, 1.807) is 0 Å². The number of unbranched alkanes of at least 4 members (excludes halogenated alkanes) is 11. The molecule has 2 nitrogen and oxygen atoms in total. The van der Waals surface area contributed by atoms with Crippen molar-refractivity contribution >= 4 is 0 Å². The van der Waals surface area contributed by atoms with Crippen molar-refractivity contribution in [2.45, 2.75) is 123 Å². The van der Waals surface area contributed by atoms with Crippen molar-refractivity contribution in [1.82, 2.24) is 0 Å². The van der Waals surface area contributed by atoms with Crippen molar-refractivity contribution < 1.29 is 22.3 Å². The molecule has 0 aromatic rings. The van der Waals surface area contributed by atoms with Gasteiger partial charge < -0.3 is 12.4 Å². The molecular weight excluding hydrogens is 318 g/mol. The number of nitrogens with zero attached hydrogens (tertiary/aromatic N) is 1. The van der Waals surface area contributed by atoms with E-state index in [1.807, 2.05) is 14.1 Å². The van der Waals surface area contributed by atoms with Crippen molar-refractivity contribution in [3.8, 4) is 0 Å². The molecule has 24 heavy (non-hydrogen) atoms. The lowest BCUT2D eigenvalue weighted by Crippen LogP contribution is -3.00. The normalized spacial score (nSPS) is 14.2. The van der Waals surface area contributed by atoms with Crippen LogP contribution in [0.1, 0.15) is 117 Å². The molecule has 0 aliphatic carbocycles. The van der Waals surface area contributed by atoms with Crippen LogP contribution in [0.4, 0.5) is 0 Å². The third-order valence-electron chi connectivity index (χ3n) is 5.71. The number of halogens is 1. The molecule has 0 saturated carbocycles. The maximum Gasteiger partial charge on any atom is 0.126 e. The second kappa shape index (κ2) is 15.5. The lowest BCUT2D eigenvalue weighted by molar-refractivity contribution is -1.11. The van der Waals surface area contributed by atoms with Crippen molar-refractivity contribution in [2.24, 2.45) is 0 Å². The summed E-state index contributed by atoms with van der Waals surface area (Å²) in [7, 11) is 3.91. The molecule has 0 rings (SSSR count). The summed E-state index contributed by atoms with van der Waals surface area (Å²) in [6, 6.07) is 0. The van der Waals surface area contributed by atoms with Crippen LogP contribution >= 0.6 is 0 Å². The average Bonchev–Trinajstić information content (AvgIpc) is 2.49. The molecule has 1 atom stereocenters. The standard InChI is InChI=1S/C21H46NO.ClH/c1-6-8-10-12-14-16-18-20-21(3,22(4,5)23)19-17-15-13-11-9-7-2;/h23H,6-20H2,1-5H3;1H/q+1;/p-1. The van der Waals surface area contributed by atoms with Gasteiger partial charge in [-0.15, -0.1) is 0 Å². The monoisotopic (exact) mass is 363 g/mol. The lowest BCUT2D eigenvalue weighted by Gasteiger charge is -2.40. The number of hydrogen-bond acceptors (Lipinski definition) is 1. The Bertz CT molecular complexity index is 265. The van der Waals surface area contributed by atoms with Gasteiger partial charge in [0.25, 0.3) is 0 Å². The largest absolute Gasteiger partial charge is 1.00 e. The number of hydrogen-bond donors (Lipinski definition) is 1. The van der Waals surface area contributed by atoms with Gasteiger partial charge in [-0.05, 0) is 19.8 Å². The zero-order chi connectivity index (χ0) is 17.6. The molecule has 0 aliphatic rings. The average molecular weight is 364 g/mol. The minimum Gasteiger partial charge on any atom is -1.00 e. The molecule has 3 heteroatoms. The van der Waals surface area contributed by atoms with Gasteiger partial charge in [-0.2, -0.15) is 4.65 Å². The van der Waals surface area contributed by atoms with E-state index in [4.69, 9.17) is 0 Å². The molecule has 0 spiro atoms. The Labute approximate surface area is 159 Å². The van der Waals surface area contributed by atoms with Crippen molar-refractivity contribution in [3.05, 3.63) is 0 Å². The van der Waals surface area contributed by atoms with Crippen LogP contribution in [0.15, 0.2) is 0 Å². The third kappa shape index (κ3) is 12.6. The van der Waals surface area contributed by atoms with Crippen LogP contribution in [-0.4, -0.2) is 29.5 Å². The van der Waals surface area contributed by atoms with Crippen LogP contribution in [0.5, 0.6) is 0 Å². The molecule has 0 heterocycles. The second-order valence-electron chi connectivity index (χ2n) is 8.28. The van der Waals surface area contributed by atoms with Gasteiger partial charge in [0.1, 0.15) is 5.54 Å². The summed E-state index contributed by atoms with van der Waals surface area (Å²) in [4.78, 5) is 0. The number of quaternary nitrogens is 1. The summed E-state index contributed by atoms with van der Waals surface area (Å²) in [5, 5.41) is 10.6. The fourth-order valence-corrected chi connectivity index (χ4v) is 3.42. The van der Waals surface area contributed by atoms with Gasteiger partial charge in [-0.1, -0.05) is 84.5 Å². The summed E-state index contributed by atoms with van der Waals surface area (Å²) in [6.07, 6.45) is 19.8. The fraction of sp³-hybridized carbons (Fsp3) is 1.00. The lowest BCUT2D eigenvalue weighted by atomic mass is 9.86. The number of hydroxylamine groups is 3. The Balaban J connectivity index is 0. The first-order chi connectivity index (χ1) is 10.9. The SMILES string of the molecule is CCCCCCCCCC(C)(CCCCCCCC)[N+](C)(C)O.[Cl-]. The molecule has 0 saturated heterocycles. The van der Waals surface area contributed by atoms with E-state index in [-0.39, 0.29) is 22.6 Å². The highest BCUT2D eigenvalue weighted by Crippen LogP contribution is 2.31. The molecule has 0 aromatic carbocycles. The van der Waals surface area contributed by atoms with Crippen LogP contribution in [0.3, 0.4) is 0 Å². The Morgan fingerprint density at radius 3 is 1.21 bits per heavy atom. The fourth-order valence-electron chi connectivity index (χ4n) is 3.42. The molecule has 0 aliphatic heterocycles. The van der Waals surface area contributed by atoms with Crippen LogP contribution in [0, 0.1) is 0 Å². The van der Waals surface area contributed by atoms with Crippen molar-refractivity contribution in [1.29, 1.82) is 0 Å². The number of rotatable bonds is 16. The molecule has 0 amide bonds. The van der Waals surface area contributed by atoms with Crippen LogP contribution in [-0.2, 0) is 0 Å². The molecule has 0 fully saturated rings. The molecule has 1 N–H and O–H groups in total. The Hall–Kier alpha value is 0.210. The van der Waals surface area contributed by atoms with Gasteiger partial charge in [-0.3, -0.25) is 0 Å². The summed E-state index contributed by atoms with van der Waals surface area (Å²) in [5.41, 5.74) is 0.0220. The van der Waals surface area contributed by atoms with Gasteiger partial charge in [0.05, 0.1) is 14.1 Å². The molecule has 0 radical (unpaired) electrons. The van der Waals surface area contributed by atoms with Gasteiger partial charge in [0.2, 0.25) is 0 Å². The Morgan fingerprint density at radius 1 is 0.625 bits per heavy atom. The topological polar surface area (TPSA) is 20.2 Å². The Morgan fingerprint density at radius 2 is 0.917 bits per heavy atom. The van der Waals surface area contributed by atoms with Gasteiger partial charge in [-0.25, -0.2) is 5.21 Å². The molecular formula is C21H46ClNO. The first kappa shape index (κ1) is 26.4. The zero-order valence-electron chi connectivity index (χ0n) is 17.4. The first-order valence-corrected chi connectivity index (χ1v) is 10.4. The van der Waals surface area contributed by atoms with Gasteiger partial charge in [0.15, 0.2) is 0 Å². The maximum absolute atomic E-state index is 10.6. The Kier molecular flexibility index (Phi) is 17.0. The highest BCUT2D eigenvalue weighted by molar-refractivity contribution is 4.74. The summed E-state index contributed by atoms with van der Waals surface area (Å²) >= 11 is 0. The quantitative estimate of drug-likeness (QED) is 0.248. The summed E-state index contributed by atoms with van der Waals surface area (Å²) in [5.74, 6) is 0.